The third kappa shape index (κ3) is 3.76. The van der Waals surface area contributed by atoms with Gasteiger partial charge in [0.15, 0.2) is 11.5 Å². The van der Waals surface area contributed by atoms with Crippen LogP contribution in [-0.4, -0.2) is 31.7 Å². The van der Waals surface area contributed by atoms with E-state index in [0.29, 0.717) is 30.0 Å². The molecule has 1 aromatic heterocycles. The maximum Gasteiger partial charge on any atom is 0.261 e. The number of carbonyl (C=O) groups excluding carboxylic acids is 1. The molecular formula is C18H22N2O4. The zero-order chi connectivity index (χ0) is 17.7. The highest BCUT2D eigenvalue weighted by molar-refractivity contribution is 5.95. The van der Waals surface area contributed by atoms with Crippen LogP contribution in [0, 0.1) is 13.8 Å². The molecule has 1 heterocycles. The number of ether oxygens (including phenoxy) is 2. The highest BCUT2D eigenvalue weighted by Crippen LogP contribution is 2.30. The lowest BCUT2D eigenvalue weighted by molar-refractivity contribution is 0.0952. The summed E-state index contributed by atoms with van der Waals surface area (Å²) < 4.78 is 10.6. The number of carbonyl (C=O) groups is 1. The van der Waals surface area contributed by atoms with E-state index in [4.69, 9.17) is 9.47 Å². The molecule has 0 aliphatic carbocycles. The molecule has 0 atom stereocenters. The van der Waals surface area contributed by atoms with Crippen molar-refractivity contribution in [1.82, 2.24) is 10.3 Å². The molecule has 0 aliphatic heterocycles. The molecule has 0 saturated heterocycles. The second-order valence-corrected chi connectivity index (χ2v) is 5.50. The summed E-state index contributed by atoms with van der Waals surface area (Å²) in [5, 5.41) is 2.78. The summed E-state index contributed by atoms with van der Waals surface area (Å²) in [6.07, 6.45) is 0.564. The van der Waals surface area contributed by atoms with Crippen molar-refractivity contribution in [2.75, 3.05) is 20.8 Å². The van der Waals surface area contributed by atoms with Crippen LogP contribution in [0.1, 0.15) is 27.2 Å². The number of aryl methyl sites for hydroxylation is 2. The average molecular weight is 330 g/mol. The first-order valence-electron chi connectivity index (χ1n) is 7.66. The molecule has 0 bridgehead atoms. The largest absolute Gasteiger partial charge is 0.493 e. The van der Waals surface area contributed by atoms with Gasteiger partial charge in [-0.2, -0.15) is 0 Å². The number of pyridine rings is 1. The first kappa shape index (κ1) is 17.6. The molecule has 0 saturated carbocycles. The van der Waals surface area contributed by atoms with Crippen molar-refractivity contribution in [1.29, 1.82) is 0 Å². The average Bonchev–Trinajstić information content (AvgIpc) is 2.53. The van der Waals surface area contributed by atoms with Crippen LogP contribution in [0.5, 0.6) is 11.5 Å². The van der Waals surface area contributed by atoms with Gasteiger partial charge >= 0.3 is 0 Å². The molecule has 1 aromatic carbocycles. The Morgan fingerprint density at radius 1 is 1.21 bits per heavy atom. The molecular weight excluding hydrogens is 308 g/mol. The van der Waals surface area contributed by atoms with Crippen LogP contribution < -0.4 is 20.3 Å². The highest BCUT2D eigenvalue weighted by atomic mass is 16.5. The lowest BCUT2D eigenvalue weighted by Crippen LogP contribution is -2.32. The van der Waals surface area contributed by atoms with E-state index < -0.39 is 0 Å². The zero-order valence-corrected chi connectivity index (χ0v) is 14.4. The first-order valence-corrected chi connectivity index (χ1v) is 7.66. The topological polar surface area (TPSA) is 80.4 Å². The van der Waals surface area contributed by atoms with Crippen molar-refractivity contribution in [2.24, 2.45) is 0 Å². The first-order chi connectivity index (χ1) is 11.5. The van der Waals surface area contributed by atoms with Gasteiger partial charge in [-0.1, -0.05) is 12.1 Å². The fraction of sp³-hybridized carbons (Fsp3) is 0.333. The van der Waals surface area contributed by atoms with Crippen molar-refractivity contribution in [3.63, 3.8) is 0 Å². The minimum Gasteiger partial charge on any atom is -0.493 e. The SMILES string of the molecule is COc1cccc(CCNC(=O)c2c(C)cc(C)[nH]c2=O)c1OC. The Morgan fingerprint density at radius 2 is 1.96 bits per heavy atom. The number of amides is 1. The molecule has 6 nitrogen and oxygen atoms in total. The van der Waals surface area contributed by atoms with Crippen molar-refractivity contribution in [3.05, 3.63) is 57.0 Å². The highest BCUT2D eigenvalue weighted by Gasteiger charge is 2.15. The Hall–Kier alpha value is -2.76. The Bertz CT molecular complexity index is 796. The Kier molecular flexibility index (Phi) is 5.63. The number of hydrogen-bond acceptors (Lipinski definition) is 4. The van der Waals surface area contributed by atoms with Crippen LogP contribution in [0.3, 0.4) is 0 Å². The van der Waals surface area contributed by atoms with Crippen LogP contribution in [0.4, 0.5) is 0 Å². The van der Waals surface area contributed by atoms with Crippen molar-refractivity contribution < 1.29 is 14.3 Å². The summed E-state index contributed by atoms with van der Waals surface area (Å²) in [4.78, 5) is 26.9. The smallest absolute Gasteiger partial charge is 0.261 e. The van der Waals surface area contributed by atoms with Crippen LogP contribution in [-0.2, 0) is 6.42 Å². The van der Waals surface area contributed by atoms with Gasteiger partial charge in [-0.15, -0.1) is 0 Å². The number of rotatable bonds is 6. The van der Waals surface area contributed by atoms with Crippen LogP contribution in [0.2, 0.25) is 0 Å². The molecule has 0 spiro atoms. The molecule has 2 rings (SSSR count). The molecule has 24 heavy (non-hydrogen) atoms. The third-order valence-electron chi connectivity index (χ3n) is 3.76. The number of hydrogen-bond donors (Lipinski definition) is 2. The van der Waals surface area contributed by atoms with Crippen LogP contribution >= 0.6 is 0 Å². The fourth-order valence-electron chi connectivity index (χ4n) is 2.69. The van der Waals surface area contributed by atoms with Crippen molar-refractivity contribution >= 4 is 5.91 Å². The normalized spacial score (nSPS) is 10.3. The van der Waals surface area contributed by atoms with E-state index in [-0.39, 0.29) is 17.0 Å². The lowest BCUT2D eigenvalue weighted by Gasteiger charge is -2.13. The molecule has 2 N–H and O–H groups in total. The van der Waals surface area contributed by atoms with Crippen molar-refractivity contribution in [3.8, 4) is 11.5 Å². The van der Waals surface area contributed by atoms with Crippen molar-refractivity contribution in [2.45, 2.75) is 20.3 Å². The van der Waals surface area contributed by atoms with Gasteiger partial charge in [0.05, 0.1) is 14.2 Å². The summed E-state index contributed by atoms with van der Waals surface area (Å²) in [6.45, 7) is 3.92. The summed E-state index contributed by atoms with van der Waals surface area (Å²) in [6, 6.07) is 7.38. The van der Waals surface area contributed by atoms with E-state index in [1.165, 1.54) is 0 Å². The minimum atomic E-state index is -0.379. The predicted molar refractivity (Wildman–Crippen MR) is 92.1 cm³/mol. The van der Waals surface area contributed by atoms with E-state index in [2.05, 4.69) is 10.3 Å². The second kappa shape index (κ2) is 7.68. The van der Waals surface area contributed by atoms with Crippen LogP contribution in [0.25, 0.3) is 0 Å². The van der Waals surface area contributed by atoms with E-state index in [1.54, 1.807) is 34.1 Å². The van der Waals surface area contributed by atoms with Gasteiger partial charge < -0.3 is 19.8 Å². The number of H-pyrrole nitrogens is 1. The Labute approximate surface area is 140 Å². The molecule has 0 unspecified atom stereocenters. The van der Waals surface area contributed by atoms with Gasteiger partial charge in [-0.25, -0.2) is 0 Å². The molecule has 6 heteroatoms. The lowest BCUT2D eigenvalue weighted by atomic mass is 10.1. The zero-order valence-electron chi connectivity index (χ0n) is 14.4. The molecule has 0 aliphatic rings. The number of methoxy groups -OCH3 is 2. The third-order valence-corrected chi connectivity index (χ3v) is 3.76. The summed E-state index contributed by atoms with van der Waals surface area (Å²) >= 11 is 0. The van der Waals surface area contributed by atoms with Gasteiger partial charge in [0.1, 0.15) is 5.56 Å². The van der Waals surface area contributed by atoms with Gasteiger partial charge in [0.25, 0.3) is 11.5 Å². The van der Waals surface area contributed by atoms with Crippen LogP contribution in [0.15, 0.2) is 29.1 Å². The summed E-state index contributed by atoms with van der Waals surface area (Å²) in [5.41, 5.74) is 2.09. The summed E-state index contributed by atoms with van der Waals surface area (Å²) in [7, 11) is 3.16. The molecule has 2 aromatic rings. The maximum atomic E-state index is 12.3. The van der Waals surface area contributed by atoms with Gasteiger partial charge in [0.2, 0.25) is 0 Å². The predicted octanol–water partition coefficient (Wildman–Crippen LogP) is 1.98. The number of aromatic nitrogens is 1. The molecule has 128 valence electrons. The number of nitrogens with one attached hydrogen (secondary N) is 2. The minimum absolute atomic E-state index is 0.151. The Balaban J connectivity index is 2.08. The van der Waals surface area contributed by atoms with Gasteiger partial charge in [-0.3, -0.25) is 9.59 Å². The summed E-state index contributed by atoms with van der Waals surface area (Å²) in [5.74, 6) is 0.918. The number of para-hydroxylation sites is 1. The standard InChI is InChI=1S/C18H22N2O4/c1-11-10-12(2)20-18(22)15(11)17(21)19-9-8-13-6-5-7-14(23-3)16(13)24-4/h5-7,10H,8-9H2,1-4H3,(H,19,21)(H,20,22). The number of benzene rings is 1. The molecule has 0 radical (unpaired) electrons. The monoisotopic (exact) mass is 330 g/mol. The number of aromatic amines is 1. The van der Waals surface area contributed by atoms with Gasteiger partial charge in [0, 0.05) is 12.2 Å². The van der Waals surface area contributed by atoms with Gasteiger partial charge in [-0.05, 0) is 43.5 Å². The fourth-order valence-corrected chi connectivity index (χ4v) is 2.69. The molecule has 0 fully saturated rings. The molecule has 1 amide bonds. The van der Waals surface area contributed by atoms with E-state index in [9.17, 15) is 9.59 Å². The maximum absolute atomic E-state index is 12.3. The second-order valence-electron chi connectivity index (χ2n) is 5.50. The van der Waals surface area contributed by atoms with E-state index in [0.717, 1.165) is 11.3 Å². The quantitative estimate of drug-likeness (QED) is 0.849. The van der Waals surface area contributed by atoms with E-state index >= 15 is 0 Å². The van der Waals surface area contributed by atoms with E-state index in [1.807, 2.05) is 18.2 Å². The Morgan fingerprint density at radius 3 is 2.58 bits per heavy atom.